The van der Waals surface area contributed by atoms with Crippen molar-refractivity contribution in [3.05, 3.63) is 89.0 Å². The smallest absolute Gasteiger partial charge is 0.138 e. The summed E-state index contributed by atoms with van der Waals surface area (Å²) in [5.41, 5.74) is 9.62. The van der Waals surface area contributed by atoms with Gasteiger partial charge in [0, 0.05) is 46.9 Å². The van der Waals surface area contributed by atoms with Gasteiger partial charge in [-0.15, -0.1) is 0 Å². The van der Waals surface area contributed by atoms with Gasteiger partial charge in [0.15, 0.2) is 0 Å². The van der Waals surface area contributed by atoms with Crippen LogP contribution in [-0.2, 0) is 9.61 Å². The van der Waals surface area contributed by atoms with Crippen molar-refractivity contribution in [2.75, 3.05) is 25.0 Å². The Labute approximate surface area is 219 Å². The van der Waals surface area contributed by atoms with Crippen LogP contribution in [0, 0.1) is 0 Å². The minimum absolute atomic E-state index is 0.408. The van der Waals surface area contributed by atoms with Crippen molar-refractivity contribution in [3.63, 3.8) is 0 Å². The Kier molecular flexibility index (Phi) is 10.9. The van der Waals surface area contributed by atoms with E-state index in [1.54, 1.807) is 24.8 Å². The minimum atomic E-state index is -0.408. The molecule has 3 aromatic rings. The molecular weight excluding hydrogens is 565 g/mol. The van der Waals surface area contributed by atoms with Crippen LogP contribution < -0.4 is 21.1 Å². The maximum absolute atomic E-state index is 6.01. The number of ether oxygens (including phenoxy) is 1. The summed E-state index contributed by atoms with van der Waals surface area (Å²) < 4.78 is 11.6. The zero-order chi connectivity index (χ0) is 24.2. The zero-order valence-corrected chi connectivity index (χ0v) is 21.9. The maximum Gasteiger partial charge on any atom is 0.138 e. The number of nitrogens with one attached hydrogen (secondary N) is 2. The van der Waals surface area contributed by atoms with Crippen LogP contribution in [-0.4, -0.2) is 29.7 Å². The van der Waals surface area contributed by atoms with Crippen LogP contribution in [0.3, 0.4) is 0 Å². The molecule has 0 aliphatic heterocycles. The molecule has 2 heterocycles. The van der Waals surface area contributed by atoms with Gasteiger partial charge in [0.25, 0.3) is 0 Å². The van der Waals surface area contributed by atoms with E-state index in [0.717, 1.165) is 52.6 Å². The Morgan fingerprint density at radius 2 is 2.00 bits per heavy atom. The van der Waals surface area contributed by atoms with Crippen LogP contribution in [0.4, 0.5) is 5.82 Å². The first-order valence-corrected chi connectivity index (χ1v) is 12.3. The molecule has 0 aliphatic carbocycles. The summed E-state index contributed by atoms with van der Waals surface area (Å²) in [5.74, 6) is 1.46. The lowest BCUT2D eigenvalue weighted by Crippen LogP contribution is -2.16. The number of aromatic nitrogens is 2. The number of hydrogen-bond donors (Lipinski definition) is 3. The molecule has 1 atom stereocenters. The van der Waals surface area contributed by atoms with E-state index in [9.17, 15) is 0 Å². The lowest BCUT2D eigenvalue weighted by atomic mass is 9.98. The van der Waals surface area contributed by atoms with E-state index in [4.69, 9.17) is 25.1 Å². The fourth-order valence-corrected chi connectivity index (χ4v) is 3.99. The number of hydrogen-bond acceptors (Lipinski definition) is 7. The highest BCUT2D eigenvalue weighted by molar-refractivity contribution is 14.1. The second kappa shape index (κ2) is 14.1. The first-order chi connectivity index (χ1) is 16.6. The van der Waals surface area contributed by atoms with Crippen LogP contribution in [0.15, 0.2) is 67.3 Å². The fraction of sp³-hybridized carbons (Fsp3) is 0.280. The van der Waals surface area contributed by atoms with E-state index < -0.39 is 6.10 Å². The van der Waals surface area contributed by atoms with E-state index in [1.807, 2.05) is 65.5 Å². The van der Waals surface area contributed by atoms with Crippen molar-refractivity contribution in [1.29, 1.82) is 0 Å². The number of anilines is 1. The Morgan fingerprint density at radius 3 is 2.68 bits per heavy atom. The van der Waals surface area contributed by atoms with Gasteiger partial charge in [0.2, 0.25) is 0 Å². The molecule has 0 saturated carbocycles. The Bertz CT molecular complexity index is 1050. The number of halogens is 2. The molecule has 0 bridgehead atoms. The van der Waals surface area contributed by atoms with Gasteiger partial charge in [-0.2, -0.15) is 0 Å². The molecule has 34 heavy (non-hydrogen) atoms. The van der Waals surface area contributed by atoms with Gasteiger partial charge in [0.1, 0.15) is 40.7 Å². The SMILES string of the molecule is CCNCCCOc1cncc(/C(=C\N)C(OI)c2ccc(NCc3ccc(Cl)cc3)nc2)c1. The number of pyridine rings is 2. The van der Waals surface area contributed by atoms with Gasteiger partial charge >= 0.3 is 0 Å². The highest BCUT2D eigenvalue weighted by Gasteiger charge is 2.20. The van der Waals surface area contributed by atoms with Crippen LogP contribution in [0.1, 0.15) is 36.1 Å². The number of rotatable bonds is 13. The molecule has 0 radical (unpaired) electrons. The largest absolute Gasteiger partial charge is 0.492 e. The average molecular weight is 594 g/mol. The lowest BCUT2D eigenvalue weighted by Gasteiger charge is -2.19. The molecule has 1 aromatic carbocycles. The first kappa shape index (κ1) is 26.2. The van der Waals surface area contributed by atoms with E-state index >= 15 is 0 Å². The molecule has 7 nitrogen and oxygen atoms in total. The van der Waals surface area contributed by atoms with Gasteiger partial charge in [-0.05, 0) is 49.3 Å². The Morgan fingerprint density at radius 1 is 1.18 bits per heavy atom. The predicted octanol–water partition coefficient (Wildman–Crippen LogP) is 5.53. The highest BCUT2D eigenvalue weighted by atomic mass is 127. The normalized spacial score (nSPS) is 12.4. The fourth-order valence-electron chi connectivity index (χ4n) is 3.29. The van der Waals surface area contributed by atoms with E-state index in [1.165, 1.54) is 0 Å². The molecule has 0 fully saturated rings. The van der Waals surface area contributed by atoms with Crippen molar-refractivity contribution in [2.24, 2.45) is 5.73 Å². The molecule has 1 unspecified atom stereocenters. The lowest BCUT2D eigenvalue weighted by molar-refractivity contribution is 0.307. The molecular formula is C25H29ClIN5O2. The van der Waals surface area contributed by atoms with Gasteiger partial charge in [0.05, 0.1) is 12.8 Å². The van der Waals surface area contributed by atoms with E-state index in [2.05, 4.69) is 27.5 Å². The average Bonchev–Trinajstić information content (AvgIpc) is 2.87. The molecule has 4 N–H and O–H groups in total. The summed E-state index contributed by atoms with van der Waals surface area (Å²) in [4.78, 5) is 8.86. The predicted molar refractivity (Wildman–Crippen MR) is 146 cm³/mol. The van der Waals surface area contributed by atoms with Crippen LogP contribution in [0.25, 0.3) is 5.57 Å². The molecule has 2 aromatic heterocycles. The summed E-state index contributed by atoms with van der Waals surface area (Å²) in [5, 5.41) is 7.31. The van der Waals surface area contributed by atoms with Crippen LogP contribution >= 0.6 is 34.6 Å². The van der Waals surface area contributed by atoms with Crippen molar-refractivity contribution in [3.8, 4) is 5.75 Å². The zero-order valence-electron chi connectivity index (χ0n) is 19.0. The first-order valence-electron chi connectivity index (χ1n) is 11.1. The third-order valence-corrected chi connectivity index (χ3v) is 5.85. The van der Waals surface area contributed by atoms with Crippen molar-refractivity contribution >= 4 is 46.0 Å². The number of nitrogens with two attached hydrogens (primary N) is 1. The van der Waals surface area contributed by atoms with Gasteiger partial charge in [-0.1, -0.05) is 36.7 Å². The third kappa shape index (κ3) is 7.83. The summed E-state index contributed by atoms with van der Waals surface area (Å²) in [7, 11) is 0. The highest BCUT2D eigenvalue weighted by Crippen LogP contribution is 2.35. The summed E-state index contributed by atoms with van der Waals surface area (Å²) in [6.07, 6.45) is 7.29. The standard InChI is InChI=1S/C25H29ClIN5O2/c1-2-29-10-3-11-33-22-12-20(15-30-17-22)23(13-28)25(34-27)19-6-9-24(32-16-19)31-14-18-4-7-21(26)8-5-18/h4-9,12-13,15-17,25,29H,2-3,10-11,14,28H2,1H3,(H,31,32)/b23-13+. The number of nitrogens with zero attached hydrogens (tertiary/aromatic N) is 2. The molecule has 3 rings (SSSR count). The monoisotopic (exact) mass is 593 g/mol. The maximum atomic E-state index is 6.01. The summed E-state index contributed by atoms with van der Waals surface area (Å²) >= 11 is 7.84. The van der Waals surface area contributed by atoms with Crippen molar-refractivity contribution < 1.29 is 7.80 Å². The molecule has 0 amide bonds. The topological polar surface area (TPSA) is 94.3 Å². The molecule has 0 spiro atoms. The molecule has 0 aliphatic rings. The van der Waals surface area contributed by atoms with E-state index in [0.29, 0.717) is 18.9 Å². The van der Waals surface area contributed by atoms with Crippen LogP contribution in [0.5, 0.6) is 5.75 Å². The Balaban J connectivity index is 1.65. The molecule has 9 heteroatoms. The second-order valence-corrected chi connectivity index (χ2v) is 8.46. The minimum Gasteiger partial charge on any atom is -0.492 e. The van der Waals surface area contributed by atoms with E-state index in [-0.39, 0.29) is 0 Å². The van der Waals surface area contributed by atoms with Gasteiger partial charge < -0.3 is 24.2 Å². The molecule has 180 valence electrons. The Hall–Kier alpha value is -2.40. The second-order valence-electron chi connectivity index (χ2n) is 7.51. The summed E-state index contributed by atoms with van der Waals surface area (Å²) in [6, 6.07) is 13.5. The van der Waals surface area contributed by atoms with Crippen molar-refractivity contribution in [2.45, 2.75) is 26.0 Å². The van der Waals surface area contributed by atoms with Crippen molar-refractivity contribution in [1.82, 2.24) is 15.3 Å². The van der Waals surface area contributed by atoms with Crippen LogP contribution in [0.2, 0.25) is 5.02 Å². The third-order valence-electron chi connectivity index (χ3n) is 5.09. The molecule has 0 saturated heterocycles. The van der Waals surface area contributed by atoms with Gasteiger partial charge in [-0.25, -0.2) is 4.98 Å². The summed E-state index contributed by atoms with van der Waals surface area (Å²) in [6.45, 7) is 5.21. The quantitative estimate of drug-likeness (QED) is 0.177. The number of benzene rings is 1. The van der Waals surface area contributed by atoms with Gasteiger partial charge in [-0.3, -0.25) is 4.98 Å².